The Kier molecular flexibility index (Phi) is 2.79. The standard InChI is InChI=1S/C11H5Cl3N2S/c12-7-2-1-3-16-8(5-15-11(7)16)6-4-9(13)17-10(6)14/h1-5H. The lowest BCUT2D eigenvalue weighted by Gasteiger charge is -2.00. The van der Waals surface area contributed by atoms with E-state index < -0.39 is 0 Å². The number of hydrogen-bond acceptors (Lipinski definition) is 2. The van der Waals surface area contributed by atoms with E-state index in [-0.39, 0.29) is 0 Å². The Morgan fingerprint density at radius 1 is 1.24 bits per heavy atom. The molecule has 2 nitrogen and oxygen atoms in total. The smallest absolute Gasteiger partial charge is 0.156 e. The number of pyridine rings is 1. The molecule has 0 bridgehead atoms. The molecule has 0 N–H and O–H groups in total. The van der Waals surface area contributed by atoms with Gasteiger partial charge in [-0.15, -0.1) is 11.3 Å². The summed E-state index contributed by atoms with van der Waals surface area (Å²) in [6, 6.07) is 5.50. The second kappa shape index (κ2) is 4.18. The van der Waals surface area contributed by atoms with Crippen LogP contribution in [0.4, 0.5) is 0 Å². The molecule has 3 rings (SSSR count). The van der Waals surface area contributed by atoms with Gasteiger partial charge in [-0.1, -0.05) is 34.8 Å². The normalized spacial score (nSPS) is 11.2. The van der Waals surface area contributed by atoms with Crippen LogP contribution in [0, 0.1) is 0 Å². The van der Waals surface area contributed by atoms with Gasteiger partial charge in [0, 0.05) is 11.8 Å². The van der Waals surface area contributed by atoms with Crippen molar-refractivity contribution in [3.8, 4) is 11.3 Å². The van der Waals surface area contributed by atoms with Crippen LogP contribution < -0.4 is 0 Å². The minimum atomic E-state index is 0.608. The van der Waals surface area contributed by atoms with E-state index in [0.717, 1.165) is 11.3 Å². The molecule has 0 saturated carbocycles. The van der Waals surface area contributed by atoms with E-state index in [2.05, 4.69) is 4.98 Å². The number of rotatable bonds is 1. The second-order valence-corrected chi connectivity index (χ2v) is 6.12. The summed E-state index contributed by atoms with van der Waals surface area (Å²) in [4.78, 5) is 4.28. The fraction of sp³-hybridized carbons (Fsp3) is 0. The Morgan fingerprint density at radius 3 is 2.76 bits per heavy atom. The summed E-state index contributed by atoms with van der Waals surface area (Å²) in [7, 11) is 0. The Balaban J connectivity index is 2.32. The quantitative estimate of drug-likeness (QED) is 0.617. The molecule has 0 unspecified atom stereocenters. The summed E-state index contributed by atoms with van der Waals surface area (Å²) < 4.78 is 3.20. The summed E-state index contributed by atoms with van der Waals surface area (Å²) in [6.45, 7) is 0. The van der Waals surface area contributed by atoms with Gasteiger partial charge in [0.1, 0.15) is 4.34 Å². The van der Waals surface area contributed by atoms with E-state index >= 15 is 0 Å². The molecule has 86 valence electrons. The highest BCUT2D eigenvalue weighted by molar-refractivity contribution is 7.20. The van der Waals surface area contributed by atoms with Gasteiger partial charge >= 0.3 is 0 Å². The van der Waals surface area contributed by atoms with Crippen molar-refractivity contribution in [3.05, 3.63) is 44.3 Å². The number of aromatic nitrogens is 2. The first kappa shape index (κ1) is 11.4. The molecule has 0 spiro atoms. The monoisotopic (exact) mass is 302 g/mol. The van der Waals surface area contributed by atoms with Crippen LogP contribution in [0.3, 0.4) is 0 Å². The maximum Gasteiger partial charge on any atom is 0.156 e. The van der Waals surface area contributed by atoms with E-state index in [9.17, 15) is 0 Å². The van der Waals surface area contributed by atoms with Gasteiger partial charge in [0.05, 0.1) is 21.2 Å². The molecule has 0 radical (unpaired) electrons. The largest absolute Gasteiger partial charge is 0.298 e. The van der Waals surface area contributed by atoms with E-state index in [0.29, 0.717) is 19.3 Å². The topological polar surface area (TPSA) is 17.3 Å². The number of hydrogen-bond donors (Lipinski definition) is 0. The molecule has 0 amide bonds. The van der Waals surface area contributed by atoms with E-state index in [1.165, 1.54) is 11.3 Å². The predicted octanol–water partition coefficient (Wildman–Crippen LogP) is 5.02. The highest BCUT2D eigenvalue weighted by Crippen LogP contribution is 2.38. The molecule has 0 saturated heterocycles. The zero-order valence-corrected chi connectivity index (χ0v) is 11.4. The van der Waals surface area contributed by atoms with Crippen molar-refractivity contribution < 1.29 is 0 Å². The van der Waals surface area contributed by atoms with Crippen LogP contribution in [-0.4, -0.2) is 9.38 Å². The molecule has 3 aromatic heterocycles. The number of thiophene rings is 1. The van der Waals surface area contributed by atoms with Crippen LogP contribution in [0.2, 0.25) is 13.7 Å². The highest BCUT2D eigenvalue weighted by atomic mass is 35.5. The molecule has 0 aliphatic carbocycles. The molecule has 3 aromatic rings. The van der Waals surface area contributed by atoms with Gasteiger partial charge in [-0.2, -0.15) is 0 Å². The second-order valence-electron chi connectivity index (χ2n) is 3.43. The molecule has 0 fully saturated rings. The maximum atomic E-state index is 6.14. The SMILES string of the molecule is Clc1cc(-c2cnc3c(Cl)cccn23)c(Cl)s1. The van der Waals surface area contributed by atoms with Crippen LogP contribution in [0.1, 0.15) is 0 Å². The minimum Gasteiger partial charge on any atom is -0.298 e. The zero-order chi connectivity index (χ0) is 12.0. The van der Waals surface area contributed by atoms with Gasteiger partial charge in [0.15, 0.2) is 5.65 Å². The Labute approximate surface area is 116 Å². The number of halogens is 3. The first-order valence-corrected chi connectivity index (χ1v) is 6.68. The summed E-state index contributed by atoms with van der Waals surface area (Å²) >= 11 is 19.5. The van der Waals surface area contributed by atoms with Crippen LogP contribution in [0.15, 0.2) is 30.6 Å². The van der Waals surface area contributed by atoms with Crippen molar-refractivity contribution in [2.24, 2.45) is 0 Å². The third kappa shape index (κ3) is 1.83. The number of fused-ring (bicyclic) bond motifs is 1. The first-order chi connectivity index (χ1) is 8.16. The fourth-order valence-electron chi connectivity index (χ4n) is 1.69. The Bertz CT molecular complexity index is 702. The van der Waals surface area contributed by atoms with E-state index in [1.807, 2.05) is 22.7 Å². The molecule has 0 aromatic carbocycles. The summed E-state index contributed by atoms with van der Waals surface area (Å²) in [5.74, 6) is 0. The van der Waals surface area contributed by atoms with Gasteiger partial charge in [-0.05, 0) is 18.2 Å². The van der Waals surface area contributed by atoms with Crippen LogP contribution in [0.25, 0.3) is 16.9 Å². The number of imidazole rings is 1. The lowest BCUT2D eigenvalue weighted by atomic mass is 10.2. The lowest BCUT2D eigenvalue weighted by molar-refractivity contribution is 1.19. The molecule has 3 heterocycles. The van der Waals surface area contributed by atoms with Gasteiger partial charge < -0.3 is 0 Å². The van der Waals surface area contributed by atoms with Crippen molar-refractivity contribution >= 4 is 51.8 Å². The maximum absolute atomic E-state index is 6.14. The minimum absolute atomic E-state index is 0.608. The summed E-state index contributed by atoms with van der Waals surface area (Å²) in [5.41, 5.74) is 2.47. The predicted molar refractivity (Wildman–Crippen MR) is 73.5 cm³/mol. The third-order valence-corrected chi connectivity index (χ3v) is 4.20. The summed E-state index contributed by atoms with van der Waals surface area (Å²) in [5, 5.41) is 0.608. The molecule has 6 heteroatoms. The lowest BCUT2D eigenvalue weighted by Crippen LogP contribution is -1.87. The van der Waals surface area contributed by atoms with Crippen LogP contribution in [0.5, 0.6) is 0 Å². The van der Waals surface area contributed by atoms with Gasteiger partial charge in [-0.25, -0.2) is 4.98 Å². The van der Waals surface area contributed by atoms with E-state index in [4.69, 9.17) is 34.8 Å². The van der Waals surface area contributed by atoms with Crippen molar-refractivity contribution in [2.45, 2.75) is 0 Å². The van der Waals surface area contributed by atoms with Gasteiger partial charge in [0.25, 0.3) is 0 Å². The molecule has 0 atom stereocenters. The van der Waals surface area contributed by atoms with Gasteiger partial charge in [0.2, 0.25) is 0 Å². The van der Waals surface area contributed by atoms with E-state index in [1.54, 1.807) is 12.3 Å². The van der Waals surface area contributed by atoms with Crippen molar-refractivity contribution in [1.29, 1.82) is 0 Å². The van der Waals surface area contributed by atoms with Gasteiger partial charge in [-0.3, -0.25) is 4.40 Å². The highest BCUT2D eigenvalue weighted by Gasteiger charge is 2.13. The molecular weight excluding hydrogens is 299 g/mol. The van der Waals surface area contributed by atoms with Crippen molar-refractivity contribution in [3.63, 3.8) is 0 Å². The van der Waals surface area contributed by atoms with Crippen LogP contribution in [-0.2, 0) is 0 Å². The number of nitrogens with zero attached hydrogens (tertiary/aromatic N) is 2. The molecule has 17 heavy (non-hydrogen) atoms. The molecule has 0 aliphatic rings. The third-order valence-electron chi connectivity index (χ3n) is 2.42. The first-order valence-electron chi connectivity index (χ1n) is 4.73. The fourth-order valence-corrected chi connectivity index (χ4v) is 3.38. The average Bonchev–Trinajstić information content (AvgIpc) is 2.83. The molecular formula is C11H5Cl3N2S. The summed E-state index contributed by atoms with van der Waals surface area (Å²) in [6.07, 6.45) is 3.64. The van der Waals surface area contributed by atoms with Crippen molar-refractivity contribution in [1.82, 2.24) is 9.38 Å². The Hall–Kier alpha value is -0.740. The van der Waals surface area contributed by atoms with Crippen molar-refractivity contribution in [2.75, 3.05) is 0 Å². The Morgan fingerprint density at radius 2 is 2.06 bits per heavy atom. The van der Waals surface area contributed by atoms with Crippen LogP contribution >= 0.6 is 46.1 Å². The molecule has 0 aliphatic heterocycles. The average molecular weight is 304 g/mol. The zero-order valence-electron chi connectivity index (χ0n) is 8.32.